The number of nitro benzene ring substituents is 1. The van der Waals surface area contributed by atoms with Crippen molar-refractivity contribution in [2.24, 2.45) is 0 Å². The summed E-state index contributed by atoms with van der Waals surface area (Å²) in [6.07, 6.45) is 0. The third-order valence-corrected chi connectivity index (χ3v) is 4.19. The Morgan fingerprint density at radius 1 is 1.38 bits per heavy atom. The van der Waals surface area contributed by atoms with Crippen molar-refractivity contribution in [3.8, 4) is 10.6 Å². The van der Waals surface area contributed by atoms with Crippen LogP contribution in [0.15, 0.2) is 29.6 Å². The van der Waals surface area contributed by atoms with Gasteiger partial charge in [0.15, 0.2) is 0 Å². The smallest absolute Gasteiger partial charge is 0.273 e. The predicted octanol–water partition coefficient (Wildman–Crippen LogP) is 2.95. The number of aliphatic hydroxyl groups is 1. The van der Waals surface area contributed by atoms with Crippen molar-refractivity contribution in [3.05, 3.63) is 45.5 Å². The van der Waals surface area contributed by atoms with Crippen molar-refractivity contribution in [1.82, 2.24) is 9.88 Å². The van der Waals surface area contributed by atoms with Crippen LogP contribution in [0.2, 0.25) is 0 Å². The summed E-state index contributed by atoms with van der Waals surface area (Å²) in [6.45, 7) is 5.81. The minimum atomic E-state index is -0.983. The number of nitrogens with zero attached hydrogens (tertiary/aromatic N) is 3. The van der Waals surface area contributed by atoms with E-state index in [-0.39, 0.29) is 18.1 Å². The number of nitro groups is 1. The van der Waals surface area contributed by atoms with Crippen molar-refractivity contribution < 1.29 is 14.8 Å². The molecular weight excluding hydrogens is 330 g/mol. The van der Waals surface area contributed by atoms with Gasteiger partial charge in [-0.25, -0.2) is 4.98 Å². The standard InChI is InChI=1S/C16H19N3O4S/c1-4-18(10-16(2,3)21)15(20)13-9-24-14(17-13)11-5-7-12(8-6-11)19(22)23/h5-9,21H,4,10H2,1-3H3. The molecule has 24 heavy (non-hydrogen) atoms. The highest BCUT2D eigenvalue weighted by atomic mass is 32.1. The van der Waals surface area contributed by atoms with Gasteiger partial charge in [0.05, 0.1) is 10.5 Å². The van der Waals surface area contributed by atoms with Gasteiger partial charge in [-0.3, -0.25) is 14.9 Å². The molecule has 128 valence electrons. The Hall–Kier alpha value is -2.32. The molecule has 0 saturated heterocycles. The summed E-state index contributed by atoms with van der Waals surface area (Å²) in [5.41, 5.74) is 0.0478. The summed E-state index contributed by atoms with van der Waals surface area (Å²) in [4.78, 5) is 28.6. The normalized spacial score (nSPS) is 11.3. The highest BCUT2D eigenvalue weighted by Crippen LogP contribution is 2.26. The number of benzene rings is 1. The van der Waals surface area contributed by atoms with Gasteiger partial charge in [-0.15, -0.1) is 11.3 Å². The topological polar surface area (TPSA) is 96.6 Å². The van der Waals surface area contributed by atoms with Gasteiger partial charge in [0.2, 0.25) is 0 Å². The molecule has 1 N–H and O–H groups in total. The molecule has 0 atom stereocenters. The lowest BCUT2D eigenvalue weighted by Crippen LogP contribution is -2.42. The van der Waals surface area contributed by atoms with Crippen LogP contribution >= 0.6 is 11.3 Å². The first-order valence-corrected chi connectivity index (χ1v) is 8.31. The lowest BCUT2D eigenvalue weighted by Gasteiger charge is -2.27. The molecule has 0 aliphatic carbocycles. The Kier molecular flexibility index (Phi) is 5.30. The van der Waals surface area contributed by atoms with Crippen LogP contribution in [0.5, 0.6) is 0 Å². The van der Waals surface area contributed by atoms with Crippen LogP contribution in [-0.2, 0) is 0 Å². The third-order valence-electron chi connectivity index (χ3n) is 3.30. The number of hydrogen-bond acceptors (Lipinski definition) is 6. The molecule has 1 amide bonds. The Bertz CT molecular complexity index is 735. The summed E-state index contributed by atoms with van der Waals surface area (Å²) in [7, 11) is 0. The zero-order chi connectivity index (χ0) is 17.9. The predicted molar refractivity (Wildman–Crippen MR) is 92.1 cm³/mol. The monoisotopic (exact) mass is 349 g/mol. The molecule has 2 aromatic rings. The molecule has 8 heteroatoms. The van der Waals surface area contributed by atoms with E-state index in [1.165, 1.54) is 28.4 Å². The molecule has 1 heterocycles. The highest BCUT2D eigenvalue weighted by Gasteiger charge is 2.24. The van der Waals surface area contributed by atoms with Gasteiger partial charge < -0.3 is 10.0 Å². The van der Waals surface area contributed by atoms with Gasteiger partial charge in [0.25, 0.3) is 11.6 Å². The Morgan fingerprint density at radius 3 is 2.50 bits per heavy atom. The van der Waals surface area contributed by atoms with E-state index in [1.54, 1.807) is 31.4 Å². The van der Waals surface area contributed by atoms with Crippen LogP contribution in [0.3, 0.4) is 0 Å². The maximum atomic E-state index is 12.5. The van der Waals surface area contributed by atoms with Crippen molar-refractivity contribution in [1.29, 1.82) is 0 Å². The molecule has 0 unspecified atom stereocenters. The number of likely N-dealkylation sites (N-methyl/N-ethyl adjacent to an activating group) is 1. The largest absolute Gasteiger partial charge is 0.389 e. The minimum absolute atomic E-state index is 0.00828. The fraction of sp³-hybridized carbons (Fsp3) is 0.375. The molecule has 0 spiro atoms. The minimum Gasteiger partial charge on any atom is -0.389 e. The Balaban J connectivity index is 2.20. The second-order valence-corrected chi connectivity index (χ2v) is 6.83. The van der Waals surface area contributed by atoms with Gasteiger partial charge in [-0.2, -0.15) is 0 Å². The lowest BCUT2D eigenvalue weighted by atomic mass is 10.1. The number of carbonyl (C=O) groups excluding carboxylic acids is 1. The Labute approximate surface area is 143 Å². The Morgan fingerprint density at radius 2 is 2.00 bits per heavy atom. The lowest BCUT2D eigenvalue weighted by molar-refractivity contribution is -0.384. The van der Waals surface area contributed by atoms with E-state index in [9.17, 15) is 20.0 Å². The van der Waals surface area contributed by atoms with E-state index < -0.39 is 10.5 Å². The number of aromatic nitrogens is 1. The second-order valence-electron chi connectivity index (χ2n) is 5.97. The summed E-state index contributed by atoms with van der Waals surface area (Å²) < 4.78 is 0. The zero-order valence-electron chi connectivity index (χ0n) is 13.7. The van der Waals surface area contributed by atoms with E-state index in [0.29, 0.717) is 17.2 Å². The molecule has 2 rings (SSSR count). The van der Waals surface area contributed by atoms with Crippen LogP contribution in [-0.4, -0.2) is 44.5 Å². The van der Waals surface area contributed by atoms with Gasteiger partial charge in [0, 0.05) is 36.2 Å². The quantitative estimate of drug-likeness (QED) is 0.639. The van der Waals surface area contributed by atoms with Gasteiger partial charge in [-0.1, -0.05) is 0 Å². The molecular formula is C16H19N3O4S. The van der Waals surface area contributed by atoms with E-state index in [0.717, 1.165) is 5.56 Å². The maximum Gasteiger partial charge on any atom is 0.273 e. The van der Waals surface area contributed by atoms with Crippen molar-refractivity contribution in [2.75, 3.05) is 13.1 Å². The summed E-state index contributed by atoms with van der Waals surface area (Å²) in [6, 6.07) is 6.04. The number of amides is 1. The number of hydrogen-bond donors (Lipinski definition) is 1. The summed E-state index contributed by atoms with van der Waals surface area (Å²) in [5.74, 6) is -0.246. The van der Waals surface area contributed by atoms with Gasteiger partial charge in [0.1, 0.15) is 10.7 Å². The molecule has 0 aliphatic heterocycles. The molecule has 0 bridgehead atoms. The third kappa shape index (κ3) is 4.36. The highest BCUT2D eigenvalue weighted by molar-refractivity contribution is 7.13. The zero-order valence-corrected chi connectivity index (χ0v) is 14.5. The van der Waals surface area contributed by atoms with Crippen molar-refractivity contribution in [2.45, 2.75) is 26.4 Å². The fourth-order valence-corrected chi connectivity index (χ4v) is 2.99. The average molecular weight is 349 g/mol. The first-order chi connectivity index (χ1) is 11.2. The van der Waals surface area contributed by atoms with Crippen LogP contribution < -0.4 is 0 Å². The molecule has 1 aromatic carbocycles. The number of carbonyl (C=O) groups is 1. The average Bonchev–Trinajstić information content (AvgIpc) is 3.01. The van der Waals surface area contributed by atoms with E-state index >= 15 is 0 Å². The van der Waals surface area contributed by atoms with E-state index in [2.05, 4.69) is 4.98 Å². The van der Waals surface area contributed by atoms with Crippen molar-refractivity contribution in [3.63, 3.8) is 0 Å². The molecule has 1 aromatic heterocycles. The fourth-order valence-electron chi connectivity index (χ4n) is 2.19. The first-order valence-electron chi connectivity index (χ1n) is 7.43. The first kappa shape index (κ1) is 18.0. The number of non-ortho nitro benzene ring substituents is 1. The van der Waals surface area contributed by atoms with E-state index in [1.807, 2.05) is 6.92 Å². The molecule has 0 saturated carbocycles. The van der Waals surface area contributed by atoms with Crippen LogP contribution in [0.25, 0.3) is 10.6 Å². The van der Waals surface area contributed by atoms with Crippen LogP contribution in [0.4, 0.5) is 5.69 Å². The molecule has 0 radical (unpaired) electrons. The summed E-state index contributed by atoms with van der Waals surface area (Å²) in [5, 5.41) is 22.9. The van der Waals surface area contributed by atoms with E-state index in [4.69, 9.17) is 0 Å². The molecule has 0 aliphatic rings. The van der Waals surface area contributed by atoms with Crippen LogP contribution in [0, 0.1) is 10.1 Å². The maximum absolute atomic E-state index is 12.5. The SMILES string of the molecule is CCN(CC(C)(C)O)C(=O)c1csc(-c2ccc([N+](=O)[O-])cc2)n1. The number of rotatable bonds is 6. The molecule has 0 fully saturated rings. The van der Waals surface area contributed by atoms with Crippen LogP contribution in [0.1, 0.15) is 31.3 Å². The summed E-state index contributed by atoms with van der Waals surface area (Å²) >= 11 is 1.30. The van der Waals surface area contributed by atoms with Gasteiger partial charge >= 0.3 is 0 Å². The number of thiazole rings is 1. The molecule has 7 nitrogen and oxygen atoms in total. The van der Waals surface area contributed by atoms with Crippen molar-refractivity contribution >= 4 is 22.9 Å². The second kappa shape index (κ2) is 7.06. The van der Waals surface area contributed by atoms with Gasteiger partial charge in [-0.05, 0) is 32.9 Å².